The van der Waals surface area contributed by atoms with E-state index in [0.29, 0.717) is 33.6 Å². The lowest BCUT2D eigenvalue weighted by Crippen LogP contribution is -2.23. The normalized spacial score (nSPS) is 12.5. The predicted molar refractivity (Wildman–Crippen MR) is 93.9 cm³/mol. The summed E-state index contributed by atoms with van der Waals surface area (Å²) in [7, 11) is 0. The number of benzene rings is 3. The van der Waals surface area contributed by atoms with Crippen molar-refractivity contribution in [3.8, 4) is 0 Å². The number of nitrogens with two attached hydrogens (primary N) is 1. The third-order valence-electron chi connectivity index (χ3n) is 4.16. The molecule has 0 saturated carbocycles. The van der Waals surface area contributed by atoms with Gasteiger partial charge in [0.1, 0.15) is 0 Å². The molecule has 0 fully saturated rings. The zero-order valence-corrected chi connectivity index (χ0v) is 12.7. The van der Waals surface area contributed by atoms with Crippen LogP contribution in [-0.2, 0) is 0 Å². The van der Waals surface area contributed by atoms with Crippen molar-refractivity contribution in [1.29, 1.82) is 0 Å². The predicted octanol–water partition coefficient (Wildman–Crippen LogP) is 3.79. The maximum absolute atomic E-state index is 13.0. The summed E-state index contributed by atoms with van der Waals surface area (Å²) in [5, 5.41) is 3.22. The van der Waals surface area contributed by atoms with Gasteiger partial charge in [-0.2, -0.15) is 0 Å². The van der Waals surface area contributed by atoms with Crippen molar-refractivity contribution >= 4 is 28.6 Å². The summed E-state index contributed by atoms with van der Waals surface area (Å²) in [6.07, 6.45) is 0. The number of carbonyl (C=O) groups is 2. The topological polar surface area (TPSA) is 72.2 Å². The zero-order chi connectivity index (χ0) is 16.7. The Morgan fingerprint density at radius 3 is 2.04 bits per heavy atom. The molecule has 0 aromatic heterocycles. The number of hydrogen-bond acceptors (Lipinski definition) is 4. The van der Waals surface area contributed by atoms with Gasteiger partial charge in [-0.15, -0.1) is 0 Å². The Balaban J connectivity index is 1.89. The van der Waals surface area contributed by atoms with Crippen LogP contribution in [0.3, 0.4) is 0 Å². The fourth-order valence-electron chi connectivity index (χ4n) is 3.05. The van der Waals surface area contributed by atoms with Gasteiger partial charge in [-0.3, -0.25) is 9.59 Å². The van der Waals surface area contributed by atoms with Gasteiger partial charge in [0.15, 0.2) is 11.6 Å². The molecule has 0 amide bonds. The average Bonchev–Trinajstić information content (AvgIpc) is 2.60. The van der Waals surface area contributed by atoms with Crippen LogP contribution in [0.25, 0.3) is 0 Å². The summed E-state index contributed by atoms with van der Waals surface area (Å²) in [4.78, 5) is 25.8. The van der Waals surface area contributed by atoms with E-state index < -0.39 is 0 Å². The van der Waals surface area contributed by atoms with Crippen LogP contribution >= 0.6 is 0 Å². The molecule has 0 unspecified atom stereocenters. The first-order valence-corrected chi connectivity index (χ1v) is 7.60. The van der Waals surface area contributed by atoms with Crippen LogP contribution in [0.15, 0.2) is 66.7 Å². The van der Waals surface area contributed by atoms with Crippen molar-refractivity contribution < 1.29 is 9.59 Å². The molecular weight excluding hydrogens is 300 g/mol. The van der Waals surface area contributed by atoms with Gasteiger partial charge in [-0.25, -0.2) is 0 Å². The van der Waals surface area contributed by atoms with E-state index in [1.165, 1.54) is 0 Å². The van der Waals surface area contributed by atoms with E-state index in [9.17, 15) is 9.59 Å². The van der Waals surface area contributed by atoms with Crippen LogP contribution < -0.4 is 11.1 Å². The van der Waals surface area contributed by atoms with Crippen molar-refractivity contribution in [3.63, 3.8) is 0 Å². The Bertz CT molecular complexity index is 978. The molecular formula is C20H14N2O2. The molecule has 4 heteroatoms. The molecule has 1 aliphatic carbocycles. The van der Waals surface area contributed by atoms with Gasteiger partial charge < -0.3 is 11.1 Å². The maximum Gasteiger partial charge on any atom is 0.196 e. The van der Waals surface area contributed by atoms with Crippen LogP contribution in [0.5, 0.6) is 0 Å². The summed E-state index contributed by atoms with van der Waals surface area (Å²) in [6, 6.07) is 19.7. The van der Waals surface area contributed by atoms with Gasteiger partial charge >= 0.3 is 0 Å². The number of nitrogens with one attached hydrogen (secondary N) is 1. The van der Waals surface area contributed by atoms with Crippen LogP contribution in [0.4, 0.5) is 17.1 Å². The second-order valence-electron chi connectivity index (χ2n) is 5.65. The highest BCUT2D eigenvalue weighted by Gasteiger charge is 2.32. The Kier molecular flexibility index (Phi) is 3.17. The summed E-state index contributed by atoms with van der Waals surface area (Å²) in [5.74, 6) is -0.402. The van der Waals surface area contributed by atoms with Gasteiger partial charge in [0.25, 0.3) is 0 Å². The van der Waals surface area contributed by atoms with Crippen LogP contribution in [0.2, 0.25) is 0 Å². The number of fused-ring (bicyclic) bond motifs is 2. The molecule has 0 radical (unpaired) electrons. The van der Waals surface area contributed by atoms with E-state index in [4.69, 9.17) is 5.73 Å². The maximum atomic E-state index is 13.0. The number of para-hydroxylation sites is 1. The second-order valence-corrected chi connectivity index (χ2v) is 5.65. The molecule has 0 bridgehead atoms. The molecule has 3 aromatic rings. The molecule has 0 aliphatic heterocycles. The van der Waals surface area contributed by atoms with Crippen molar-refractivity contribution in [2.75, 3.05) is 11.1 Å². The largest absolute Gasteiger partial charge is 0.398 e. The molecule has 0 atom stereocenters. The summed E-state index contributed by atoms with van der Waals surface area (Å²) >= 11 is 0. The number of carbonyl (C=O) groups excluding carboxylic acids is 2. The van der Waals surface area contributed by atoms with E-state index in [1.54, 1.807) is 36.4 Å². The van der Waals surface area contributed by atoms with Crippen LogP contribution in [0.1, 0.15) is 31.8 Å². The third-order valence-corrected chi connectivity index (χ3v) is 4.16. The highest BCUT2D eigenvalue weighted by atomic mass is 16.1. The van der Waals surface area contributed by atoms with Crippen molar-refractivity contribution in [1.82, 2.24) is 0 Å². The first kappa shape index (κ1) is 14.2. The lowest BCUT2D eigenvalue weighted by Gasteiger charge is -2.21. The highest BCUT2D eigenvalue weighted by Crippen LogP contribution is 2.35. The first-order chi connectivity index (χ1) is 11.7. The van der Waals surface area contributed by atoms with Gasteiger partial charge in [-0.1, -0.05) is 42.5 Å². The van der Waals surface area contributed by atoms with Gasteiger partial charge in [0.2, 0.25) is 0 Å². The number of nitrogen functional groups attached to an aromatic ring is 1. The van der Waals surface area contributed by atoms with E-state index in [2.05, 4.69) is 5.32 Å². The minimum Gasteiger partial charge on any atom is -0.398 e. The van der Waals surface area contributed by atoms with Gasteiger partial charge in [0, 0.05) is 22.5 Å². The van der Waals surface area contributed by atoms with E-state index in [0.717, 1.165) is 5.69 Å². The minimum absolute atomic E-state index is 0.189. The lowest BCUT2D eigenvalue weighted by atomic mass is 9.82. The minimum atomic E-state index is -0.214. The van der Waals surface area contributed by atoms with Crippen molar-refractivity contribution in [3.05, 3.63) is 89.0 Å². The number of anilines is 3. The molecule has 1 aliphatic rings. The van der Waals surface area contributed by atoms with E-state index >= 15 is 0 Å². The van der Waals surface area contributed by atoms with E-state index in [-0.39, 0.29) is 11.6 Å². The number of rotatable bonds is 2. The summed E-state index contributed by atoms with van der Waals surface area (Å²) < 4.78 is 0. The highest BCUT2D eigenvalue weighted by molar-refractivity contribution is 6.31. The molecule has 4 rings (SSSR count). The molecule has 116 valence electrons. The third kappa shape index (κ3) is 2.08. The van der Waals surface area contributed by atoms with Crippen molar-refractivity contribution in [2.24, 2.45) is 0 Å². The number of ketones is 2. The molecule has 3 aromatic carbocycles. The Labute approximate surface area is 138 Å². The smallest absolute Gasteiger partial charge is 0.196 e. The fourth-order valence-corrected chi connectivity index (χ4v) is 3.05. The van der Waals surface area contributed by atoms with Gasteiger partial charge in [-0.05, 0) is 24.3 Å². The molecule has 4 nitrogen and oxygen atoms in total. The fraction of sp³-hybridized carbons (Fsp3) is 0. The standard InChI is InChI=1S/C20H14N2O2/c21-15-10-4-8-13-17(15)19(23)14-9-5-11-16(18(14)20(13)24)22-12-6-2-1-3-7-12/h1-11,22H,21H2. The lowest BCUT2D eigenvalue weighted by molar-refractivity contribution is 0.0980. The second kappa shape index (κ2) is 5.35. The number of hydrogen-bond donors (Lipinski definition) is 2. The average molecular weight is 314 g/mol. The molecule has 0 heterocycles. The van der Waals surface area contributed by atoms with Crippen LogP contribution in [0, 0.1) is 0 Å². The Morgan fingerprint density at radius 2 is 1.29 bits per heavy atom. The molecule has 0 saturated heterocycles. The molecule has 0 spiro atoms. The Hall–Kier alpha value is -3.40. The molecule has 3 N–H and O–H groups in total. The van der Waals surface area contributed by atoms with E-state index in [1.807, 2.05) is 30.3 Å². The quantitative estimate of drug-likeness (QED) is 0.552. The monoisotopic (exact) mass is 314 g/mol. The van der Waals surface area contributed by atoms with Crippen molar-refractivity contribution in [2.45, 2.75) is 0 Å². The summed E-state index contributed by atoms with van der Waals surface area (Å²) in [5.41, 5.74) is 9.15. The summed E-state index contributed by atoms with van der Waals surface area (Å²) in [6.45, 7) is 0. The van der Waals surface area contributed by atoms with Gasteiger partial charge in [0.05, 0.1) is 16.8 Å². The molecule has 24 heavy (non-hydrogen) atoms. The SMILES string of the molecule is Nc1cccc2c1C(=O)c1cccc(Nc3ccccc3)c1C2=O. The zero-order valence-electron chi connectivity index (χ0n) is 12.7. The first-order valence-electron chi connectivity index (χ1n) is 7.60. The van der Waals surface area contributed by atoms with Crippen LogP contribution in [-0.4, -0.2) is 11.6 Å². The Morgan fingerprint density at radius 1 is 0.667 bits per heavy atom.